The highest BCUT2D eigenvalue weighted by molar-refractivity contribution is 7.90. The van der Waals surface area contributed by atoms with Gasteiger partial charge in [0.25, 0.3) is 11.8 Å². The Morgan fingerprint density at radius 2 is 1.56 bits per heavy atom. The highest BCUT2D eigenvalue weighted by Gasteiger charge is 2.26. The van der Waals surface area contributed by atoms with Crippen molar-refractivity contribution >= 4 is 21.7 Å². The summed E-state index contributed by atoms with van der Waals surface area (Å²) in [4.78, 5) is 28.3. The number of amides is 2. The Bertz CT molecular complexity index is 882. The predicted octanol–water partition coefficient (Wildman–Crippen LogP) is 1.28. The molecule has 3 rings (SSSR count). The monoisotopic (exact) mass is 362 g/mol. The Morgan fingerprint density at radius 3 is 2.08 bits per heavy atom. The Kier molecular flexibility index (Phi) is 4.63. The summed E-state index contributed by atoms with van der Waals surface area (Å²) in [6.07, 6.45) is 3.95. The van der Waals surface area contributed by atoms with Gasteiger partial charge in [0, 0.05) is 38.0 Å². The molecule has 0 N–H and O–H groups in total. The van der Waals surface area contributed by atoms with Crippen LogP contribution in [0.3, 0.4) is 0 Å². The first kappa shape index (κ1) is 17.2. The van der Waals surface area contributed by atoms with Crippen LogP contribution in [0.2, 0.25) is 0 Å². The van der Waals surface area contributed by atoms with E-state index in [1.807, 2.05) is 0 Å². The van der Waals surface area contributed by atoms with E-state index >= 15 is 0 Å². The zero-order valence-corrected chi connectivity index (χ0v) is 14.5. The standard InChI is InChI=1S/C17H18N2O5S/c1-25(22,23)15-4-2-3-13(11-15)16(20)18-6-8-19(9-7-18)17(21)14-5-10-24-12-14/h2-5,10-12H,6-9H2,1H3. The molecule has 0 bridgehead atoms. The van der Waals surface area contributed by atoms with Crippen molar-refractivity contribution in [3.63, 3.8) is 0 Å². The fraction of sp³-hybridized carbons (Fsp3) is 0.294. The zero-order chi connectivity index (χ0) is 18.0. The van der Waals surface area contributed by atoms with Crippen LogP contribution in [0.25, 0.3) is 0 Å². The summed E-state index contributed by atoms with van der Waals surface area (Å²) in [5.74, 6) is -0.360. The highest BCUT2D eigenvalue weighted by atomic mass is 32.2. The summed E-state index contributed by atoms with van der Waals surface area (Å²) in [6.45, 7) is 1.63. The largest absolute Gasteiger partial charge is 0.472 e. The molecule has 2 heterocycles. The first-order chi connectivity index (χ1) is 11.9. The van der Waals surface area contributed by atoms with Gasteiger partial charge < -0.3 is 14.2 Å². The molecule has 1 saturated heterocycles. The SMILES string of the molecule is CS(=O)(=O)c1cccc(C(=O)N2CCN(C(=O)c3ccoc3)CC2)c1. The fourth-order valence-corrected chi connectivity index (χ4v) is 3.39. The van der Waals surface area contributed by atoms with Crippen molar-refractivity contribution in [2.75, 3.05) is 32.4 Å². The van der Waals surface area contributed by atoms with E-state index < -0.39 is 9.84 Å². The number of carbonyl (C=O) groups is 2. The van der Waals surface area contributed by atoms with Gasteiger partial charge >= 0.3 is 0 Å². The van der Waals surface area contributed by atoms with Crippen molar-refractivity contribution in [3.8, 4) is 0 Å². The van der Waals surface area contributed by atoms with E-state index in [9.17, 15) is 18.0 Å². The quantitative estimate of drug-likeness (QED) is 0.821. The molecule has 1 aromatic carbocycles. The normalized spacial score (nSPS) is 15.2. The number of piperazine rings is 1. The van der Waals surface area contributed by atoms with Crippen LogP contribution in [0.4, 0.5) is 0 Å². The minimum absolute atomic E-state index is 0.118. The minimum Gasteiger partial charge on any atom is -0.472 e. The van der Waals surface area contributed by atoms with Crippen molar-refractivity contribution in [1.29, 1.82) is 0 Å². The first-order valence-electron chi connectivity index (χ1n) is 7.77. The van der Waals surface area contributed by atoms with Crippen LogP contribution >= 0.6 is 0 Å². The molecule has 1 fully saturated rings. The van der Waals surface area contributed by atoms with Crippen LogP contribution < -0.4 is 0 Å². The van der Waals surface area contributed by atoms with Crippen LogP contribution in [0.5, 0.6) is 0 Å². The molecule has 25 heavy (non-hydrogen) atoms. The molecule has 7 nitrogen and oxygen atoms in total. The molecule has 132 valence electrons. The van der Waals surface area contributed by atoms with Gasteiger partial charge in [0.1, 0.15) is 6.26 Å². The van der Waals surface area contributed by atoms with Gasteiger partial charge in [-0.3, -0.25) is 9.59 Å². The maximum absolute atomic E-state index is 12.6. The smallest absolute Gasteiger partial charge is 0.257 e. The maximum Gasteiger partial charge on any atom is 0.257 e. The Morgan fingerprint density at radius 1 is 0.960 bits per heavy atom. The van der Waals surface area contributed by atoms with Crippen molar-refractivity contribution in [2.24, 2.45) is 0 Å². The third-order valence-corrected chi connectivity index (χ3v) is 5.24. The second-order valence-electron chi connectivity index (χ2n) is 5.90. The van der Waals surface area contributed by atoms with E-state index in [0.29, 0.717) is 37.3 Å². The van der Waals surface area contributed by atoms with E-state index in [1.165, 1.54) is 24.7 Å². The third kappa shape index (κ3) is 3.74. The van der Waals surface area contributed by atoms with Crippen LogP contribution in [-0.2, 0) is 9.84 Å². The highest BCUT2D eigenvalue weighted by Crippen LogP contribution is 2.15. The molecule has 0 unspecified atom stereocenters. The molecule has 1 aliphatic rings. The van der Waals surface area contributed by atoms with Crippen molar-refractivity contribution in [1.82, 2.24) is 9.80 Å². The number of rotatable bonds is 3. The first-order valence-corrected chi connectivity index (χ1v) is 9.66. The Balaban J connectivity index is 1.67. The van der Waals surface area contributed by atoms with Gasteiger partial charge in [-0.25, -0.2) is 8.42 Å². The van der Waals surface area contributed by atoms with Crippen LogP contribution in [-0.4, -0.2) is 62.5 Å². The topological polar surface area (TPSA) is 87.9 Å². The summed E-state index contributed by atoms with van der Waals surface area (Å²) < 4.78 is 28.2. The Hall–Kier alpha value is -2.61. The summed E-state index contributed by atoms with van der Waals surface area (Å²) in [7, 11) is -3.37. The predicted molar refractivity (Wildman–Crippen MR) is 90.1 cm³/mol. The average Bonchev–Trinajstić information content (AvgIpc) is 3.15. The molecule has 8 heteroatoms. The van der Waals surface area contributed by atoms with Crippen molar-refractivity contribution in [3.05, 3.63) is 54.0 Å². The van der Waals surface area contributed by atoms with Gasteiger partial charge in [0.2, 0.25) is 0 Å². The molecule has 0 atom stereocenters. The number of benzene rings is 1. The zero-order valence-electron chi connectivity index (χ0n) is 13.7. The Labute approximate surface area is 145 Å². The van der Waals surface area contributed by atoms with Gasteiger partial charge in [-0.15, -0.1) is 0 Å². The molecular formula is C17H18N2O5S. The minimum atomic E-state index is -3.37. The van der Waals surface area contributed by atoms with E-state index in [1.54, 1.807) is 28.0 Å². The molecule has 0 aliphatic carbocycles. The van der Waals surface area contributed by atoms with E-state index in [4.69, 9.17) is 4.42 Å². The number of carbonyl (C=O) groups excluding carboxylic acids is 2. The molecule has 0 saturated carbocycles. The lowest BCUT2D eigenvalue weighted by Gasteiger charge is -2.34. The average molecular weight is 362 g/mol. The van der Waals surface area contributed by atoms with Crippen LogP contribution in [0.1, 0.15) is 20.7 Å². The molecule has 0 radical (unpaired) electrons. The molecule has 1 aromatic heterocycles. The number of hydrogen-bond donors (Lipinski definition) is 0. The molecule has 0 spiro atoms. The van der Waals surface area contributed by atoms with E-state index in [-0.39, 0.29) is 16.7 Å². The van der Waals surface area contributed by atoms with Gasteiger partial charge in [0.05, 0.1) is 16.7 Å². The van der Waals surface area contributed by atoms with Gasteiger partial charge in [-0.1, -0.05) is 6.07 Å². The number of hydrogen-bond acceptors (Lipinski definition) is 5. The summed E-state index contributed by atoms with van der Waals surface area (Å²) >= 11 is 0. The fourth-order valence-electron chi connectivity index (χ4n) is 2.72. The molecule has 1 aliphatic heterocycles. The number of sulfone groups is 1. The van der Waals surface area contributed by atoms with Crippen LogP contribution in [0, 0.1) is 0 Å². The third-order valence-electron chi connectivity index (χ3n) is 4.13. The molecule has 2 aromatic rings. The van der Waals surface area contributed by atoms with Gasteiger partial charge in [-0.2, -0.15) is 0 Å². The number of nitrogens with zero attached hydrogens (tertiary/aromatic N) is 2. The summed E-state index contributed by atoms with van der Waals surface area (Å²) in [6, 6.07) is 7.62. The lowest BCUT2D eigenvalue weighted by Crippen LogP contribution is -2.50. The molecule has 2 amide bonds. The van der Waals surface area contributed by atoms with Gasteiger partial charge in [0.15, 0.2) is 9.84 Å². The second kappa shape index (κ2) is 6.72. The lowest BCUT2D eigenvalue weighted by molar-refractivity contribution is 0.0535. The van der Waals surface area contributed by atoms with E-state index in [2.05, 4.69) is 0 Å². The van der Waals surface area contributed by atoms with E-state index in [0.717, 1.165) is 6.26 Å². The number of furan rings is 1. The second-order valence-corrected chi connectivity index (χ2v) is 7.91. The van der Waals surface area contributed by atoms with Crippen molar-refractivity contribution < 1.29 is 22.4 Å². The summed E-state index contributed by atoms with van der Waals surface area (Å²) in [5.41, 5.74) is 0.818. The molecular weight excluding hydrogens is 344 g/mol. The van der Waals surface area contributed by atoms with Gasteiger partial charge in [-0.05, 0) is 24.3 Å². The lowest BCUT2D eigenvalue weighted by atomic mass is 10.1. The maximum atomic E-state index is 12.6. The summed E-state index contributed by atoms with van der Waals surface area (Å²) in [5, 5.41) is 0. The van der Waals surface area contributed by atoms with Crippen LogP contribution in [0.15, 0.2) is 52.2 Å². The van der Waals surface area contributed by atoms with Crippen molar-refractivity contribution in [2.45, 2.75) is 4.90 Å².